The summed E-state index contributed by atoms with van der Waals surface area (Å²) >= 11 is 1.05. The Bertz CT molecular complexity index is 807. The van der Waals surface area contributed by atoms with Crippen molar-refractivity contribution in [2.45, 2.75) is 6.42 Å². The molecule has 0 aliphatic heterocycles. The van der Waals surface area contributed by atoms with E-state index >= 15 is 0 Å². The van der Waals surface area contributed by atoms with E-state index in [4.69, 9.17) is 0 Å². The molecule has 2 aromatic rings. The lowest BCUT2D eigenvalue weighted by atomic mass is 10.2. The lowest BCUT2D eigenvalue weighted by Gasteiger charge is -2.06. The van der Waals surface area contributed by atoms with Crippen LogP contribution in [0.3, 0.4) is 0 Å². The fourth-order valence-corrected chi connectivity index (χ4v) is 2.71. The van der Waals surface area contributed by atoms with Crippen LogP contribution in [0.1, 0.15) is 26.5 Å². The number of hydrogen-bond acceptors (Lipinski definition) is 5. The number of methoxy groups -OCH3 is 1. The molecule has 25 heavy (non-hydrogen) atoms. The van der Waals surface area contributed by atoms with Gasteiger partial charge in [-0.15, -0.1) is 11.3 Å². The lowest BCUT2D eigenvalue weighted by molar-refractivity contribution is -0.116. The number of benzene rings is 1. The molecule has 0 saturated heterocycles. The predicted octanol–water partition coefficient (Wildman–Crippen LogP) is 2.57. The van der Waals surface area contributed by atoms with E-state index in [9.17, 15) is 23.2 Å². The van der Waals surface area contributed by atoms with Gasteiger partial charge in [-0.2, -0.15) is 0 Å². The van der Waals surface area contributed by atoms with Crippen LogP contribution in [0.5, 0.6) is 0 Å². The maximum absolute atomic E-state index is 13.5. The SMILES string of the molecule is COC(=O)c1ccc(NC(=O)CCNC(=O)c2ccc(F)cc2F)s1. The minimum Gasteiger partial charge on any atom is -0.465 e. The zero-order valence-corrected chi connectivity index (χ0v) is 13.9. The molecule has 0 spiro atoms. The third-order valence-electron chi connectivity index (χ3n) is 3.07. The van der Waals surface area contributed by atoms with E-state index in [1.807, 2.05) is 0 Å². The Balaban J connectivity index is 1.81. The van der Waals surface area contributed by atoms with Gasteiger partial charge in [0, 0.05) is 19.0 Å². The molecular weight excluding hydrogens is 354 g/mol. The first-order chi connectivity index (χ1) is 11.9. The number of carbonyl (C=O) groups is 3. The number of thiophene rings is 1. The van der Waals surface area contributed by atoms with Crippen LogP contribution < -0.4 is 10.6 Å². The Morgan fingerprint density at radius 1 is 1.16 bits per heavy atom. The van der Waals surface area contributed by atoms with Gasteiger partial charge in [0.1, 0.15) is 16.5 Å². The first kappa shape index (κ1) is 18.5. The standard InChI is InChI=1S/C16H14F2N2O4S/c1-24-16(23)12-4-5-14(25-12)20-13(21)6-7-19-15(22)10-3-2-9(17)8-11(10)18/h2-5,8H,6-7H2,1H3,(H,19,22)(H,20,21). The molecule has 0 atom stereocenters. The fourth-order valence-electron chi connectivity index (χ4n) is 1.87. The predicted molar refractivity (Wildman–Crippen MR) is 87.6 cm³/mol. The largest absolute Gasteiger partial charge is 0.465 e. The lowest BCUT2D eigenvalue weighted by Crippen LogP contribution is -2.28. The van der Waals surface area contributed by atoms with E-state index in [2.05, 4.69) is 15.4 Å². The van der Waals surface area contributed by atoms with E-state index in [1.54, 1.807) is 6.07 Å². The minimum absolute atomic E-state index is 0.0310. The summed E-state index contributed by atoms with van der Waals surface area (Å²) in [7, 11) is 1.26. The van der Waals surface area contributed by atoms with Gasteiger partial charge in [0.15, 0.2) is 0 Å². The van der Waals surface area contributed by atoms with Gasteiger partial charge in [0.25, 0.3) is 5.91 Å². The highest BCUT2D eigenvalue weighted by Crippen LogP contribution is 2.22. The fraction of sp³-hybridized carbons (Fsp3) is 0.188. The van der Waals surface area contributed by atoms with E-state index in [-0.39, 0.29) is 18.5 Å². The number of rotatable bonds is 6. The van der Waals surface area contributed by atoms with Gasteiger partial charge in [0.2, 0.25) is 5.91 Å². The van der Waals surface area contributed by atoms with Crippen molar-refractivity contribution < 1.29 is 27.9 Å². The molecule has 132 valence electrons. The molecule has 1 aromatic carbocycles. The normalized spacial score (nSPS) is 10.2. The molecule has 1 aromatic heterocycles. The maximum atomic E-state index is 13.5. The summed E-state index contributed by atoms with van der Waals surface area (Å²) in [5, 5.41) is 5.41. The quantitative estimate of drug-likeness (QED) is 0.768. The molecule has 2 rings (SSSR count). The van der Waals surface area contributed by atoms with E-state index in [0.717, 1.165) is 23.5 Å². The summed E-state index contributed by atoms with van der Waals surface area (Å²) in [5.74, 6) is -3.39. The Kier molecular flexibility index (Phi) is 6.18. The first-order valence-corrected chi connectivity index (χ1v) is 7.93. The van der Waals surface area contributed by atoms with Crippen molar-refractivity contribution in [1.82, 2.24) is 5.32 Å². The molecule has 0 radical (unpaired) electrons. The average molecular weight is 368 g/mol. The van der Waals surface area contributed by atoms with E-state index in [1.165, 1.54) is 13.2 Å². The Morgan fingerprint density at radius 3 is 2.60 bits per heavy atom. The second kappa shape index (κ2) is 8.34. The van der Waals surface area contributed by atoms with Gasteiger partial charge in [-0.05, 0) is 24.3 Å². The van der Waals surface area contributed by atoms with Crippen molar-refractivity contribution in [2.75, 3.05) is 19.0 Å². The highest BCUT2D eigenvalue weighted by atomic mass is 32.1. The molecule has 9 heteroatoms. The molecule has 2 amide bonds. The topological polar surface area (TPSA) is 84.5 Å². The van der Waals surface area contributed by atoms with Crippen LogP contribution in [0.25, 0.3) is 0 Å². The molecule has 0 aliphatic rings. The van der Waals surface area contributed by atoms with Gasteiger partial charge in [0.05, 0.1) is 17.7 Å². The number of carbonyl (C=O) groups excluding carboxylic acids is 3. The van der Waals surface area contributed by atoms with Crippen molar-refractivity contribution in [1.29, 1.82) is 0 Å². The van der Waals surface area contributed by atoms with Crippen molar-refractivity contribution in [3.05, 3.63) is 52.4 Å². The van der Waals surface area contributed by atoms with Gasteiger partial charge < -0.3 is 15.4 Å². The van der Waals surface area contributed by atoms with Crippen molar-refractivity contribution in [2.24, 2.45) is 0 Å². The Morgan fingerprint density at radius 2 is 1.92 bits per heavy atom. The third kappa shape index (κ3) is 5.08. The summed E-state index contributed by atoms with van der Waals surface area (Å²) in [6, 6.07) is 5.68. The van der Waals surface area contributed by atoms with Crippen LogP contribution in [0.2, 0.25) is 0 Å². The number of amides is 2. The molecular formula is C16H14F2N2O4S. The van der Waals surface area contributed by atoms with E-state index in [0.29, 0.717) is 15.9 Å². The Hall–Kier alpha value is -2.81. The van der Waals surface area contributed by atoms with Crippen LogP contribution in [0, 0.1) is 11.6 Å². The van der Waals surface area contributed by atoms with Crippen LogP contribution in [-0.2, 0) is 9.53 Å². The number of esters is 1. The van der Waals surface area contributed by atoms with Crippen molar-refractivity contribution >= 4 is 34.1 Å². The summed E-state index contributed by atoms with van der Waals surface area (Å²) in [6.45, 7) is -0.0310. The second-order valence-electron chi connectivity index (χ2n) is 4.83. The smallest absolute Gasteiger partial charge is 0.348 e. The van der Waals surface area contributed by atoms with E-state index < -0.39 is 29.4 Å². The van der Waals surface area contributed by atoms with Gasteiger partial charge in [-0.1, -0.05) is 0 Å². The molecule has 0 unspecified atom stereocenters. The highest BCUT2D eigenvalue weighted by molar-refractivity contribution is 7.18. The first-order valence-electron chi connectivity index (χ1n) is 7.12. The van der Waals surface area contributed by atoms with Crippen LogP contribution in [0.15, 0.2) is 30.3 Å². The Labute approximate surface area is 145 Å². The number of anilines is 1. The molecule has 2 N–H and O–H groups in total. The van der Waals surface area contributed by atoms with Crippen LogP contribution in [-0.4, -0.2) is 31.4 Å². The summed E-state index contributed by atoms with van der Waals surface area (Å²) in [4.78, 5) is 35.2. The van der Waals surface area contributed by atoms with Crippen molar-refractivity contribution in [3.8, 4) is 0 Å². The molecule has 0 fully saturated rings. The maximum Gasteiger partial charge on any atom is 0.348 e. The van der Waals surface area contributed by atoms with Gasteiger partial charge in [-0.25, -0.2) is 13.6 Å². The zero-order valence-electron chi connectivity index (χ0n) is 13.1. The third-order valence-corrected chi connectivity index (χ3v) is 4.05. The summed E-state index contributed by atoms with van der Waals surface area (Å²) in [6.07, 6.45) is -0.0555. The summed E-state index contributed by atoms with van der Waals surface area (Å²) in [5.41, 5.74) is -0.303. The molecule has 0 aliphatic carbocycles. The molecule has 0 saturated carbocycles. The summed E-state index contributed by atoms with van der Waals surface area (Å²) < 4.78 is 30.8. The zero-order chi connectivity index (χ0) is 18.4. The number of hydrogen-bond donors (Lipinski definition) is 2. The van der Waals surface area contributed by atoms with Gasteiger partial charge in [-0.3, -0.25) is 9.59 Å². The number of halogens is 2. The van der Waals surface area contributed by atoms with Gasteiger partial charge >= 0.3 is 5.97 Å². The monoisotopic (exact) mass is 368 g/mol. The minimum atomic E-state index is -0.976. The number of nitrogens with one attached hydrogen (secondary N) is 2. The van der Waals surface area contributed by atoms with Crippen LogP contribution in [0.4, 0.5) is 13.8 Å². The second-order valence-corrected chi connectivity index (χ2v) is 5.92. The molecule has 1 heterocycles. The number of ether oxygens (including phenoxy) is 1. The molecule has 0 bridgehead atoms. The average Bonchev–Trinajstić information content (AvgIpc) is 3.02. The molecule has 6 nitrogen and oxygen atoms in total. The highest BCUT2D eigenvalue weighted by Gasteiger charge is 2.13. The van der Waals surface area contributed by atoms with Crippen LogP contribution >= 0.6 is 11.3 Å². The van der Waals surface area contributed by atoms with Crippen molar-refractivity contribution in [3.63, 3.8) is 0 Å².